The van der Waals surface area contributed by atoms with Crippen LogP contribution in [0.2, 0.25) is 0 Å². The maximum Gasteiger partial charge on any atom is 0.266 e. The first-order valence-corrected chi connectivity index (χ1v) is 6.64. The Hall–Kier alpha value is -1.56. The van der Waals surface area contributed by atoms with Gasteiger partial charge in [0.05, 0.1) is 12.7 Å². The molecule has 1 aromatic carbocycles. The van der Waals surface area contributed by atoms with E-state index in [0.717, 1.165) is 0 Å². The molecule has 1 aromatic rings. The molecule has 0 saturated heterocycles. The van der Waals surface area contributed by atoms with Crippen molar-refractivity contribution in [2.24, 2.45) is 0 Å². The molecule has 92 valence electrons. The van der Waals surface area contributed by atoms with E-state index in [9.17, 15) is 13.2 Å². The highest BCUT2D eigenvalue weighted by Gasteiger charge is 2.35. The molecule has 0 aromatic heterocycles. The lowest BCUT2D eigenvalue weighted by atomic mass is 9.96. The maximum absolute atomic E-state index is 11.7. The third-order valence-corrected chi connectivity index (χ3v) is 4.06. The number of hydrogen-bond donors (Lipinski definition) is 1. The molecule has 17 heavy (non-hydrogen) atoms. The molecule has 6 heteroatoms. The van der Waals surface area contributed by atoms with Crippen LogP contribution in [0.1, 0.15) is 35.7 Å². The second-order valence-corrected chi connectivity index (χ2v) is 5.83. The molecule has 1 aliphatic rings. The largest absolute Gasteiger partial charge is 0.497 e. The molecular weight excluding hydrogens is 242 g/mol. The number of amides is 1. The van der Waals surface area contributed by atoms with Crippen LogP contribution in [0.15, 0.2) is 17.0 Å². The molecule has 0 aliphatic carbocycles. The minimum atomic E-state index is -3.72. The zero-order chi connectivity index (χ0) is 12.8. The average molecular weight is 255 g/mol. The summed E-state index contributed by atoms with van der Waals surface area (Å²) in [5, 5.41) is 0. The quantitative estimate of drug-likeness (QED) is 0.863. The fraction of sp³-hybridized carbons (Fsp3) is 0.364. The number of sulfonamides is 1. The summed E-state index contributed by atoms with van der Waals surface area (Å²) in [4.78, 5) is 11.7. The van der Waals surface area contributed by atoms with Gasteiger partial charge in [0, 0.05) is 6.07 Å². The molecule has 1 amide bonds. The molecule has 1 N–H and O–H groups in total. The van der Waals surface area contributed by atoms with Gasteiger partial charge in [-0.1, -0.05) is 13.8 Å². The van der Waals surface area contributed by atoms with Crippen molar-refractivity contribution >= 4 is 15.9 Å². The first kappa shape index (κ1) is 11.9. The summed E-state index contributed by atoms with van der Waals surface area (Å²) >= 11 is 0. The lowest BCUT2D eigenvalue weighted by Crippen LogP contribution is -2.21. The number of nitrogens with one attached hydrogen (secondary N) is 1. The van der Waals surface area contributed by atoms with Crippen LogP contribution < -0.4 is 9.46 Å². The summed E-state index contributed by atoms with van der Waals surface area (Å²) in [5.74, 6) is -0.0863. The molecule has 1 heterocycles. The van der Waals surface area contributed by atoms with Crippen LogP contribution in [0.4, 0.5) is 0 Å². The lowest BCUT2D eigenvalue weighted by molar-refractivity contribution is 0.0984. The van der Waals surface area contributed by atoms with E-state index in [1.165, 1.54) is 13.2 Å². The van der Waals surface area contributed by atoms with Crippen molar-refractivity contribution in [2.45, 2.75) is 24.7 Å². The van der Waals surface area contributed by atoms with Gasteiger partial charge in [0.1, 0.15) is 10.6 Å². The Balaban J connectivity index is 2.81. The number of carbonyl (C=O) groups is 1. The van der Waals surface area contributed by atoms with Crippen LogP contribution in [-0.4, -0.2) is 21.4 Å². The van der Waals surface area contributed by atoms with Gasteiger partial charge >= 0.3 is 0 Å². The molecule has 0 bridgehead atoms. The Bertz CT molecular complexity index is 590. The van der Waals surface area contributed by atoms with E-state index in [1.807, 2.05) is 18.6 Å². The molecule has 0 fully saturated rings. The standard InChI is InChI=1S/C11H13NO4S/c1-6(2)8-4-7(16-3)5-9-10(8)11(13)12-17(9,14)15/h4-6H,1-3H3,(H,12,13). The van der Waals surface area contributed by atoms with Crippen LogP contribution in [0.5, 0.6) is 5.75 Å². The topological polar surface area (TPSA) is 72.5 Å². The van der Waals surface area contributed by atoms with Crippen molar-refractivity contribution in [3.63, 3.8) is 0 Å². The molecule has 0 saturated carbocycles. The summed E-state index contributed by atoms with van der Waals surface area (Å²) in [6, 6.07) is 3.07. The van der Waals surface area contributed by atoms with Gasteiger partial charge in [-0.05, 0) is 17.5 Å². The molecule has 0 unspecified atom stereocenters. The second-order valence-electron chi connectivity index (χ2n) is 4.18. The van der Waals surface area contributed by atoms with Crippen molar-refractivity contribution in [3.8, 4) is 5.75 Å². The normalized spacial score (nSPS) is 16.8. The molecule has 2 rings (SSSR count). The van der Waals surface area contributed by atoms with E-state index < -0.39 is 15.9 Å². The van der Waals surface area contributed by atoms with Gasteiger partial charge in [-0.25, -0.2) is 13.1 Å². The Kier molecular flexibility index (Phi) is 2.61. The van der Waals surface area contributed by atoms with Gasteiger partial charge in [0.15, 0.2) is 0 Å². The predicted molar refractivity (Wildman–Crippen MR) is 61.7 cm³/mol. The van der Waals surface area contributed by atoms with E-state index in [2.05, 4.69) is 0 Å². The number of carbonyl (C=O) groups excluding carboxylic acids is 1. The van der Waals surface area contributed by atoms with E-state index in [1.54, 1.807) is 6.07 Å². The van der Waals surface area contributed by atoms with Gasteiger partial charge in [-0.2, -0.15) is 0 Å². The number of rotatable bonds is 2. The molecule has 0 radical (unpaired) electrons. The van der Waals surface area contributed by atoms with Crippen molar-refractivity contribution in [2.75, 3.05) is 7.11 Å². The van der Waals surface area contributed by atoms with Gasteiger partial charge in [0.25, 0.3) is 15.9 Å². The first-order valence-electron chi connectivity index (χ1n) is 5.16. The summed E-state index contributed by atoms with van der Waals surface area (Å²) in [5.41, 5.74) is 0.915. The molecule has 0 spiro atoms. The highest BCUT2D eigenvalue weighted by Crippen LogP contribution is 2.34. The Morgan fingerprint density at radius 2 is 1.94 bits per heavy atom. The van der Waals surface area contributed by atoms with E-state index >= 15 is 0 Å². The van der Waals surface area contributed by atoms with E-state index in [0.29, 0.717) is 11.3 Å². The van der Waals surface area contributed by atoms with E-state index in [4.69, 9.17) is 4.74 Å². The number of fused-ring (bicyclic) bond motifs is 1. The highest BCUT2D eigenvalue weighted by atomic mass is 32.2. The highest BCUT2D eigenvalue weighted by molar-refractivity contribution is 7.90. The molecular formula is C11H13NO4S. The van der Waals surface area contributed by atoms with Crippen molar-refractivity contribution in [1.29, 1.82) is 0 Å². The monoisotopic (exact) mass is 255 g/mol. The SMILES string of the molecule is COc1cc(C(C)C)c2c(c1)S(=O)(=O)NC2=O. The minimum Gasteiger partial charge on any atom is -0.497 e. The summed E-state index contributed by atoms with van der Waals surface area (Å²) in [6.45, 7) is 3.79. The summed E-state index contributed by atoms with van der Waals surface area (Å²) in [6.07, 6.45) is 0. The predicted octanol–water partition coefficient (Wildman–Crippen LogP) is 1.25. The van der Waals surface area contributed by atoms with Crippen molar-refractivity contribution in [1.82, 2.24) is 4.72 Å². The second kappa shape index (κ2) is 3.73. The van der Waals surface area contributed by atoms with Gasteiger partial charge < -0.3 is 4.74 Å². The number of ether oxygens (including phenoxy) is 1. The van der Waals surface area contributed by atoms with Crippen LogP contribution in [0.3, 0.4) is 0 Å². The third-order valence-electron chi connectivity index (χ3n) is 2.71. The molecule has 5 nitrogen and oxygen atoms in total. The Morgan fingerprint density at radius 1 is 1.29 bits per heavy atom. The number of hydrogen-bond acceptors (Lipinski definition) is 4. The zero-order valence-electron chi connectivity index (χ0n) is 9.77. The fourth-order valence-electron chi connectivity index (χ4n) is 1.87. The zero-order valence-corrected chi connectivity index (χ0v) is 10.6. The maximum atomic E-state index is 11.7. The van der Waals surface area contributed by atoms with Crippen LogP contribution in [0, 0.1) is 0 Å². The molecule has 1 aliphatic heterocycles. The van der Waals surface area contributed by atoms with Gasteiger partial charge in [0.2, 0.25) is 0 Å². The van der Waals surface area contributed by atoms with Crippen LogP contribution in [0.25, 0.3) is 0 Å². The number of methoxy groups -OCH3 is 1. The van der Waals surface area contributed by atoms with Crippen molar-refractivity contribution in [3.05, 3.63) is 23.3 Å². The van der Waals surface area contributed by atoms with Gasteiger partial charge in [-0.15, -0.1) is 0 Å². The Morgan fingerprint density at radius 3 is 2.47 bits per heavy atom. The molecule has 0 atom stereocenters. The van der Waals surface area contributed by atoms with E-state index in [-0.39, 0.29) is 16.4 Å². The summed E-state index contributed by atoms with van der Waals surface area (Å²) in [7, 11) is -2.26. The Labute approximate surface area is 99.8 Å². The van der Waals surface area contributed by atoms with Crippen LogP contribution >= 0.6 is 0 Å². The fourth-order valence-corrected chi connectivity index (χ4v) is 3.07. The van der Waals surface area contributed by atoms with Gasteiger partial charge in [-0.3, -0.25) is 4.79 Å². The average Bonchev–Trinajstić information content (AvgIpc) is 2.48. The van der Waals surface area contributed by atoms with Crippen molar-refractivity contribution < 1.29 is 17.9 Å². The third kappa shape index (κ3) is 1.78. The minimum absolute atomic E-state index is 0.00514. The first-order chi connectivity index (χ1) is 7.86. The van der Waals surface area contributed by atoms with Crippen LogP contribution in [-0.2, 0) is 10.0 Å². The lowest BCUT2D eigenvalue weighted by Gasteiger charge is -2.11. The smallest absolute Gasteiger partial charge is 0.266 e. The number of benzene rings is 1. The summed E-state index contributed by atoms with van der Waals surface area (Å²) < 4.78 is 30.5.